The number of carbonyl (C=O) groups excluding carboxylic acids is 2. The number of likely N-dealkylation sites (tertiary alicyclic amines) is 1. The molecule has 0 aromatic heterocycles. The van der Waals surface area contributed by atoms with Crippen LogP contribution in [0.2, 0.25) is 0 Å². The highest BCUT2D eigenvalue weighted by Gasteiger charge is 2.62. The van der Waals surface area contributed by atoms with Gasteiger partial charge in [-0.25, -0.2) is 0 Å². The number of ether oxygens (including phenoxy) is 1. The Morgan fingerprint density at radius 1 is 1.20 bits per heavy atom. The second-order valence-electron chi connectivity index (χ2n) is 7.64. The van der Waals surface area contributed by atoms with Crippen LogP contribution in [0, 0.1) is 5.41 Å². The third-order valence-electron chi connectivity index (χ3n) is 5.82. The first-order chi connectivity index (χ1) is 11.3. The molecule has 1 heterocycles. The number of carbonyl (C=O) groups is 2. The van der Waals surface area contributed by atoms with E-state index in [-0.39, 0.29) is 30.3 Å². The summed E-state index contributed by atoms with van der Waals surface area (Å²) < 4.78 is 5.65. The van der Waals surface area contributed by atoms with Crippen molar-refractivity contribution >= 4 is 24.2 Å². The Labute approximate surface area is 157 Å². The van der Waals surface area contributed by atoms with Gasteiger partial charge in [0, 0.05) is 44.5 Å². The molecule has 2 rings (SSSR count). The van der Waals surface area contributed by atoms with Gasteiger partial charge in [-0.1, -0.05) is 26.7 Å². The smallest absolute Gasteiger partial charge is 0.240 e. The Hall–Kier alpha value is -0.850. The summed E-state index contributed by atoms with van der Waals surface area (Å²) >= 11 is 0. The Morgan fingerprint density at radius 3 is 2.32 bits per heavy atom. The molecule has 2 unspecified atom stereocenters. The molecule has 0 aromatic rings. The number of rotatable bonds is 6. The zero-order valence-electron chi connectivity index (χ0n) is 15.8. The molecule has 1 aliphatic heterocycles. The quantitative estimate of drug-likeness (QED) is 0.742. The van der Waals surface area contributed by atoms with Crippen LogP contribution in [0.3, 0.4) is 0 Å². The maximum atomic E-state index is 12.5. The van der Waals surface area contributed by atoms with Gasteiger partial charge in [0.2, 0.25) is 11.8 Å². The first-order valence-electron chi connectivity index (χ1n) is 9.29. The maximum absolute atomic E-state index is 12.5. The van der Waals surface area contributed by atoms with E-state index in [0.29, 0.717) is 26.0 Å². The van der Waals surface area contributed by atoms with Gasteiger partial charge in [-0.05, 0) is 19.8 Å². The minimum absolute atomic E-state index is 0. The van der Waals surface area contributed by atoms with Crippen molar-refractivity contribution in [2.75, 3.05) is 26.2 Å². The molecular weight excluding hydrogens is 342 g/mol. The zero-order chi connectivity index (χ0) is 17.8. The maximum Gasteiger partial charge on any atom is 0.240 e. The number of hydrogen-bond donors (Lipinski definition) is 2. The summed E-state index contributed by atoms with van der Waals surface area (Å²) in [6, 6.07) is 0. The Balaban J connectivity index is 0.00000312. The third kappa shape index (κ3) is 4.66. The second kappa shape index (κ2) is 9.19. The number of halogens is 1. The molecular formula is C18H34ClN3O3. The van der Waals surface area contributed by atoms with Crippen molar-refractivity contribution in [2.24, 2.45) is 11.1 Å². The number of nitrogens with one attached hydrogen (secondary N) is 1. The van der Waals surface area contributed by atoms with E-state index in [1.165, 1.54) is 12.8 Å². The first-order valence-corrected chi connectivity index (χ1v) is 9.29. The van der Waals surface area contributed by atoms with Crippen LogP contribution in [0.1, 0.15) is 59.3 Å². The zero-order valence-corrected chi connectivity index (χ0v) is 16.6. The minimum Gasteiger partial charge on any atom is -0.378 e. The number of hydrogen-bond acceptors (Lipinski definition) is 4. The molecule has 2 aliphatic rings. The summed E-state index contributed by atoms with van der Waals surface area (Å²) in [7, 11) is 0. The number of amides is 2. The molecule has 7 heteroatoms. The van der Waals surface area contributed by atoms with Gasteiger partial charge in [-0.2, -0.15) is 0 Å². The summed E-state index contributed by atoms with van der Waals surface area (Å²) in [5.74, 6) is -0.0459. The predicted octanol–water partition coefficient (Wildman–Crippen LogP) is 1.85. The minimum atomic E-state index is -0.918. The van der Waals surface area contributed by atoms with Crippen LogP contribution in [-0.4, -0.2) is 54.6 Å². The van der Waals surface area contributed by atoms with Crippen molar-refractivity contribution in [1.29, 1.82) is 0 Å². The summed E-state index contributed by atoms with van der Waals surface area (Å²) in [6.45, 7) is 8.55. The molecule has 3 N–H and O–H groups in total. The first kappa shape index (κ1) is 22.2. The van der Waals surface area contributed by atoms with E-state index in [1.54, 1.807) is 0 Å². The highest BCUT2D eigenvalue weighted by atomic mass is 35.5. The van der Waals surface area contributed by atoms with E-state index in [2.05, 4.69) is 5.32 Å². The molecule has 2 atom stereocenters. The van der Waals surface area contributed by atoms with Gasteiger partial charge in [0.05, 0.1) is 6.10 Å². The number of nitrogens with two attached hydrogens (primary N) is 1. The average molecular weight is 376 g/mol. The molecule has 0 bridgehead atoms. The monoisotopic (exact) mass is 375 g/mol. The van der Waals surface area contributed by atoms with Gasteiger partial charge < -0.3 is 20.7 Å². The van der Waals surface area contributed by atoms with E-state index >= 15 is 0 Å². The summed E-state index contributed by atoms with van der Waals surface area (Å²) in [4.78, 5) is 26.7. The van der Waals surface area contributed by atoms with Crippen molar-refractivity contribution in [3.05, 3.63) is 0 Å². The Kier molecular flexibility index (Phi) is 8.16. The van der Waals surface area contributed by atoms with Gasteiger partial charge in [0.15, 0.2) is 0 Å². The molecule has 0 spiro atoms. The fourth-order valence-corrected chi connectivity index (χ4v) is 3.74. The van der Waals surface area contributed by atoms with Crippen LogP contribution < -0.4 is 11.1 Å². The predicted molar refractivity (Wildman–Crippen MR) is 101 cm³/mol. The van der Waals surface area contributed by atoms with Crippen molar-refractivity contribution in [1.82, 2.24) is 10.2 Å². The van der Waals surface area contributed by atoms with E-state index in [1.807, 2.05) is 25.7 Å². The Bertz CT molecular complexity index is 464. The third-order valence-corrected chi connectivity index (χ3v) is 5.82. The van der Waals surface area contributed by atoms with Crippen LogP contribution in [0.5, 0.6) is 0 Å². The largest absolute Gasteiger partial charge is 0.378 e. The fourth-order valence-electron chi connectivity index (χ4n) is 3.74. The fraction of sp³-hybridized carbons (Fsp3) is 0.889. The molecule has 146 valence electrons. The van der Waals surface area contributed by atoms with Crippen molar-refractivity contribution < 1.29 is 14.3 Å². The average Bonchev–Trinajstić information content (AvgIpc) is 2.83. The van der Waals surface area contributed by atoms with Gasteiger partial charge in [0.1, 0.15) is 5.54 Å². The summed E-state index contributed by atoms with van der Waals surface area (Å²) in [6.07, 6.45) is 5.45. The lowest BCUT2D eigenvalue weighted by atomic mass is 9.54. The van der Waals surface area contributed by atoms with E-state index < -0.39 is 11.0 Å². The summed E-state index contributed by atoms with van der Waals surface area (Å²) in [5.41, 5.74) is 5.02. The summed E-state index contributed by atoms with van der Waals surface area (Å²) in [5, 5.41) is 2.86. The lowest BCUT2D eigenvalue weighted by Crippen LogP contribution is -2.75. The van der Waals surface area contributed by atoms with Gasteiger partial charge >= 0.3 is 0 Å². The highest BCUT2D eigenvalue weighted by Crippen LogP contribution is 2.49. The van der Waals surface area contributed by atoms with Gasteiger partial charge in [-0.3, -0.25) is 9.59 Å². The van der Waals surface area contributed by atoms with Crippen molar-refractivity contribution in [2.45, 2.75) is 70.9 Å². The molecule has 1 saturated heterocycles. The van der Waals surface area contributed by atoms with Crippen molar-refractivity contribution in [3.8, 4) is 0 Å². The molecule has 25 heavy (non-hydrogen) atoms. The molecule has 6 nitrogen and oxygen atoms in total. The van der Waals surface area contributed by atoms with Crippen LogP contribution in [0.25, 0.3) is 0 Å². The van der Waals surface area contributed by atoms with E-state index in [4.69, 9.17) is 10.5 Å². The number of nitrogens with zero attached hydrogens (tertiary/aromatic N) is 1. The van der Waals surface area contributed by atoms with Gasteiger partial charge in [0.25, 0.3) is 0 Å². The molecule has 0 radical (unpaired) electrons. The van der Waals surface area contributed by atoms with Crippen LogP contribution in [0.4, 0.5) is 0 Å². The topological polar surface area (TPSA) is 84.7 Å². The lowest BCUT2D eigenvalue weighted by Gasteiger charge is -2.57. The molecule has 1 saturated carbocycles. The highest BCUT2D eigenvalue weighted by molar-refractivity contribution is 5.89. The van der Waals surface area contributed by atoms with Gasteiger partial charge in [-0.15, -0.1) is 12.4 Å². The van der Waals surface area contributed by atoms with Crippen LogP contribution in [-0.2, 0) is 14.3 Å². The van der Waals surface area contributed by atoms with Crippen LogP contribution >= 0.6 is 12.4 Å². The van der Waals surface area contributed by atoms with Crippen LogP contribution in [0.15, 0.2) is 0 Å². The van der Waals surface area contributed by atoms with E-state index in [0.717, 1.165) is 25.9 Å². The molecule has 2 amide bonds. The normalized spacial score (nSPS) is 28.3. The lowest BCUT2D eigenvalue weighted by molar-refractivity contribution is -0.170. The molecule has 1 aliphatic carbocycles. The molecule has 2 fully saturated rings. The van der Waals surface area contributed by atoms with Crippen molar-refractivity contribution in [3.63, 3.8) is 0 Å². The second-order valence-corrected chi connectivity index (χ2v) is 7.64. The SMILES string of the molecule is CCOC1CC(N)(C(=O)NCCC(=O)N2CCCCCC2)C1(C)C.Cl. The Morgan fingerprint density at radius 2 is 1.80 bits per heavy atom. The molecule has 0 aromatic carbocycles. The standard InChI is InChI=1S/C18H33N3O3.ClH/c1-4-24-14-13-18(19,17(14,2)3)16(23)20-10-9-15(22)21-11-7-5-6-8-12-21;/h14H,4-13,19H2,1-3H3,(H,20,23);1H. The van der Waals surface area contributed by atoms with E-state index in [9.17, 15) is 9.59 Å².